The van der Waals surface area contributed by atoms with Gasteiger partial charge in [-0.1, -0.05) is 35.9 Å². The van der Waals surface area contributed by atoms with Crippen LogP contribution in [0.15, 0.2) is 63.8 Å². The van der Waals surface area contributed by atoms with Crippen LogP contribution in [-0.2, 0) is 9.59 Å². The average molecular weight is 304 g/mol. The van der Waals surface area contributed by atoms with Crippen molar-refractivity contribution in [3.63, 3.8) is 0 Å². The van der Waals surface area contributed by atoms with E-state index in [4.69, 9.17) is 14.0 Å². The zero-order chi connectivity index (χ0) is 16.4. The molecule has 0 N–H and O–H groups in total. The average Bonchev–Trinajstić information content (AvgIpc) is 2.55. The molecule has 0 atom stereocenters. The minimum atomic E-state index is 0.0326. The highest BCUT2D eigenvalue weighted by molar-refractivity contribution is 5.99. The Bertz CT molecular complexity index is 1120. The van der Waals surface area contributed by atoms with Gasteiger partial charge in [0, 0.05) is 0 Å². The van der Waals surface area contributed by atoms with Crippen LogP contribution in [0.1, 0.15) is 5.56 Å². The number of aryl methyl sites for hydroxylation is 1. The van der Waals surface area contributed by atoms with Gasteiger partial charge in [0.15, 0.2) is 0 Å². The van der Waals surface area contributed by atoms with E-state index in [9.17, 15) is 4.79 Å². The first-order valence-electron chi connectivity index (χ1n) is 6.99. The molecule has 112 valence electrons. The molecule has 1 heterocycles. The van der Waals surface area contributed by atoms with Crippen molar-refractivity contribution in [3.8, 4) is 0 Å². The van der Waals surface area contributed by atoms with E-state index in [2.05, 4.69) is 18.2 Å². The number of fused-ring (bicyclic) bond motifs is 3. The Balaban J connectivity index is 0.000000485. The van der Waals surface area contributed by atoms with Gasteiger partial charge < -0.3 is 4.42 Å². The lowest BCUT2D eigenvalue weighted by Gasteiger charge is -2.04. The smallest absolute Gasteiger partial charge is 0.373 e. The number of hydrogen-bond donors (Lipinski definition) is 0. The van der Waals surface area contributed by atoms with Crippen molar-refractivity contribution in [2.45, 2.75) is 6.92 Å². The summed E-state index contributed by atoms with van der Waals surface area (Å²) >= 11 is 0. The molecule has 3 aromatic carbocycles. The second kappa shape index (κ2) is 5.87. The van der Waals surface area contributed by atoms with Gasteiger partial charge in [-0.2, -0.15) is 9.59 Å². The van der Waals surface area contributed by atoms with Gasteiger partial charge in [-0.25, -0.2) is 0 Å². The molecule has 0 bridgehead atoms. The van der Waals surface area contributed by atoms with Gasteiger partial charge in [0.1, 0.15) is 11.2 Å². The molecule has 0 radical (unpaired) electrons. The Morgan fingerprint density at radius 3 is 2.35 bits per heavy atom. The zero-order valence-corrected chi connectivity index (χ0v) is 12.3. The van der Waals surface area contributed by atoms with Crippen molar-refractivity contribution in [1.82, 2.24) is 0 Å². The number of benzene rings is 3. The molecule has 23 heavy (non-hydrogen) atoms. The van der Waals surface area contributed by atoms with Gasteiger partial charge in [-0.15, -0.1) is 0 Å². The monoisotopic (exact) mass is 304 g/mol. The summed E-state index contributed by atoms with van der Waals surface area (Å²) in [6.45, 7) is 2.05. The molecular formula is C19H12O4. The lowest BCUT2D eigenvalue weighted by Crippen LogP contribution is -2.01. The highest BCUT2D eigenvalue weighted by Gasteiger charge is 2.08. The third kappa shape index (κ3) is 2.63. The topological polar surface area (TPSA) is 64.3 Å². The molecule has 0 aliphatic rings. The molecule has 0 spiro atoms. The molecule has 0 aliphatic carbocycles. The summed E-state index contributed by atoms with van der Waals surface area (Å²) in [5.74, 6) is 0. The summed E-state index contributed by atoms with van der Waals surface area (Å²) < 4.78 is 5.87. The summed E-state index contributed by atoms with van der Waals surface area (Å²) in [5.41, 5.74) is 2.49. The van der Waals surface area contributed by atoms with E-state index >= 15 is 0 Å². The van der Waals surface area contributed by atoms with Crippen LogP contribution in [-0.4, -0.2) is 6.15 Å². The standard InChI is InChI=1S/C18H12O2.CO2/c1-11-6-7-12-10-17-15(9-13(12)8-11)18(19)14-4-2-3-5-16(14)20-17;2-1-3/h2-10H,1H3;. The van der Waals surface area contributed by atoms with Gasteiger partial charge in [0.25, 0.3) is 0 Å². The predicted molar refractivity (Wildman–Crippen MR) is 87.2 cm³/mol. The molecular weight excluding hydrogens is 292 g/mol. The summed E-state index contributed by atoms with van der Waals surface area (Å²) in [6, 6.07) is 17.4. The number of hydrogen-bond acceptors (Lipinski definition) is 4. The van der Waals surface area contributed by atoms with E-state index in [0.717, 1.165) is 10.8 Å². The lowest BCUT2D eigenvalue weighted by atomic mass is 10.0. The van der Waals surface area contributed by atoms with E-state index in [0.29, 0.717) is 21.9 Å². The van der Waals surface area contributed by atoms with Gasteiger partial charge >= 0.3 is 6.15 Å². The molecule has 0 fully saturated rings. The van der Waals surface area contributed by atoms with Crippen LogP contribution in [0, 0.1) is 6.92 Å². The first-order chi connectivity index (χ1) is 11.1. The Hall–Kier alpha value is -3.23. The molecule has 4 heteroatoms. The van der Waals surface area contributed by atoms with E-state index in [1.165, 1.54) is 5.56 Å². The van der Waals surface area contributed by atoms with Crippen molar-refractivity contribution >= 4 is 38.9 Å². The highest BCUT2D eigenvalue weighted by atomic mass is 16.3. The van der Waals surface area contributed by atoms with Crippen LogP contribution in [0.5, 0.6) is 0 Å². The SMILES string of the molecule is Cc1ccc2cc3oc4ccccc4c(=O)c3cc2c1.O=C=O. The maximum Gasteiger partial charge on any atom is 0.373 e. The summed E-state index contributed by atoms with van der Waals surface area (Å²) in [5, 5.41) is 3.43. The van der Waals surface area contributed by atoms with Crippen LogP contribution in [0.25, 0.3) is 32.7 Å². The molecule has 4 rings (SSSR count). The molecule has 0 saturated heterocycles. The normalized spacial score (nSPS) is 10.3. The Morgan fingerprint density at radius 2 is 1.57 bits per heavy atom. The first kappa shape index (κ1) is 14.7. The summed E-state index contributed by atoms with van der Waals surface area (Å²) in [6.07, 6.45) is 0.250. The van der Waals surface area contributed by atoms with E-state index < -0.39 is 0 Å². The minimum Gasteiger partial charge on any atom is -0.456 e. The molecule has 4 nitrogen and oxygen atoms in total. The second-order valence-corrected chi connectivity index (χ2v) is 5.21. The Morgan fingerprint density at radius 1 is 0.826 bits per heavy atom. The van der Waals surface area contributed by atoms with E-state index in [1.807, 2.05) is 37.3 Å². The predicted octanol–water partition coefficient (Wildman–Crippen LogP) is 3.82. The molecule has 0 unspecified atom stereocenters. The fourth-order valence-corrected chi connectivity index (χ4v) is 2.66. The van der Waals surface area contributed by atoms with Crippen molar-refractivity contribution in [3.05, 3.63) is 70.4 Å². The van der Waals surface area contributed by atoms with Gasteiger partial charge in [-0.05, 0) is 42.0 Å². The maximum absolute atomic E-state index is 12.6. The Kier molecular flexibility index (Phi) is 3.75. The lowest BCUT2D eigenvalue weighted by molar-refractivity contribution is -0.191. The molecule has 0 saturated carbocycles. The largest absolute Gasteiger partial charge is 0.456 e. The van der Waals surface area contributed by atoms with Crippen LogP contribution in [0.3, 0.4) is 0 Å². The van der Waals surface area contributed by atoms with Gasteiger partial charge in [0.05, 0.1) is 10.8 Å². The van der Waals surface area contributed by atoms with Crippen LogP contribution in [0.4, 0.5) is 0 Å². The highest BCUT2D eigenvalue weighted by Crippen LogP contribution is 2.24. The Labute approximate surface area is 131 Å². The fourth-order valence-electron chi connectivity index (χ4n) is 2.66. The van der Waals surface area contributed by atoms with Crippen molar-refractivity contribution < 1.29 is 14.0 Å². The molecule has 0 aliphatic heterocycles. The quantitative estimate of drug-likeness (QED) is 0.463. The van der Waals surface area contributed by atoms with Crippen LogP contribution >= 0.6 is 0 Å². The zero-order valence-electron chi connectivity index (χ0n) is 12.3. The first-order valence-corrected chi connectivity index (χ1v) is 6.99. The van der Waals surface area contributed by atoms with Crippen LogP contribution < -0.4 is 5.43 Å². The minimum absolute atomic E-state index is 0.0326. The number of para-hydroxylation sites is 1. The summed E-state index contributed by atoms with van der Waals surface area (Å²) in [7, 11) is 0. The fraction of sp³-hybridized carbons (Fsp3) is 0.0526. The molecule has 4 aromatic rings. The van der Waals surface area contributed by atoms with Crippen molar-refractivity contribution in [2.24, 2.45) is 0 Å². The van der Waals surface area contributed by atoms with Gasteiger partial charge in [-0.3, -0.25) is 4.79 Å². The third-order valence-electron chi connectivity index (χ3n) is 3.69. The van der Waals surface area contributed by atoms with Crippen LogP contribution in [0.2, 0.25) is 0 Å². The number of carbonyl (C=O) groups excluding carboxylic acids is 2. The van der Waals surface area contributed by atoms with Crippen molar-refractivity contribution in [1.29, 1.82) is 0 Å². The number of rotatable bonds is 0. The van der Waals surface area contributed by atoms with E-state index in [1.54, 1.807) is 6.07 Å². The van der Waals surface area contributed by atoms with Gasteiger partial charge in [0.2, 0.25) is 5.43 Å². The second-order valence-electron chi connectivity index (χ2n) is 5.21. The molecule has 0 amide bonds. The molecule has 1 aromatic heterocycles. The maximum atomic E-state index is 12.6. The third-order valence-corrected chi connectivity index (χ3v) is 3.69. The summed E-state index contributed by atoms with van der Waals surface area (Å²) in [4.78, 5) is 28.8. The van der Waals surface area contributed by atoms with Crippen molar-refractivity contribution in [2.75, 3.05) is 0 Å². The van der Waals surface area contributed by atoms with E-state index in [-0.39, 0.29) is 11.6 Å².